The molecule has 0 atom stereocenters. The molecule has 0 aromatic heterocycles. The largest absolute Gasteiger partial charge is 0.312 e. The van der Waals surface area contributed by atoms with Crippen molar-refractivity contribution in [3.05, 3.63) is 34.9 Å². The highest BCUT2D eigenvalue weighted by molar-refractivity contribution is 5.85. The van der Waals surface area contributed by atoms with Gasteiger partial charge in [-0.1, -0.05) is 34.9 Å². The quantitative estimate of drug-likeness (QED) is 0.231. The van der Waals surface area contributed by atoms with E-state index in [2.05, 4.69) is 56.6 Å². The molecule has 0 amide bonds. The summed E-state index contributed by atoms with van der Waals surface area (Å²) < 4.78 is 0. The van der Waals surface area contributed by atoms with Gasteiger partial charge in [0.15, 0.2) is 0 Å². The Morgan fingerprint density at radius 3 is 1.84 bits per heavy atom. The molecular weight excluding hydrogens is 423 g/mol. The Hall–Kier alpha value is -0.280. The molecule has 0 saturated heterocycles. The highest BCUT2D eigenvalue weighted by Crippen LogP contribution is 2.53. The molecule has 4 saturated carbocycles. The number of hydrogen-bond donors (Lipinski definition) is 2. The normalized spacial score (nSPS) is 29.4. The van der Waals surface area contributed by atoms with Gasteiger partial charge >= 0.3 is 0 Å². The van der Waals surface area contributed by atoms with Crippen LogP contribution >= 0.6 is 24.8 Å². The zero-order chi connectivity index (χ0) is 20.6. The van der Waals surface area contributed by atoms with Crippen molar-refractivity contribution in [1.82, 2.24) is 10.6 Å². The Morgan fingerprint density at radius 2 is 1.26 bits per heavy atom. The molecule has 4 rings (SSSR count). The molecular formula is C27H48Cl2N2. The molecule has 2 N–H and O–H groups in total. The van der Waals surface area contributed by atoms with Crippen LogP contribution in [0.5, 0.6) is 0 Å². The number of halogens is 2. The zero-order valence-electron chi connectivity index (χ0n) is 20.4. The molecule has 0 unspecified atom stereocenters. The lowest BCUT2D eigenvalue weighted by atomic mass is 9.54. The smallest absolute Gasteiger partial charge is 0.0137 e. The lowest BCUT2D eigenvalue weighted by Crippen LogP contribution is -2.55. The van der Waals surface area contributed by atoms with Gasteiger partial charge in [0.05, 0.1) is 0 Å². The van der Waals surface area contributed by atoms with Crippen molar-refractivity contribution in [2.75, 3.05) is 19.6 Å². The third kappa shape index (κ3) is 9.62. The molecule has 4 aliphatic carbocycles. The van der Waals surface area contributed by atoms with Crippen LogP contribution in [0.2, 0.25) is 0 Å². The van der Waals surface area contributed by atoms with Crippen LogP contribution in [0.4, 0.5) is 0 Å². The maximum Gasteiger partial charge on any atom is 0.0137 e. The van der Waals surface area contributed by atoms with Gasteiger partial charge in [-0.05, 0) is 109 Å². The van der Waals surface area contributed by atoms with Gasteiger partial charge in [-0.2, -0.15) is 0 Å². The molecule has 0 aromatic carbocycles. The summed E-state index contributed by atoms with van der Waals surface area (Å²) in [5, 5.41) is 7.54. The summed E-state index contributed by atoms with van der Waals surface area (Å²) >= 11 is 0. The van der Waals surface area contributed by atoms with E-state index in [1.807, 2.05) is 0 Å². The average molecular weight is 472 g/mol. The maximum atomic E-state index is 3.93. The monoisotopic (exact) mass is 470 g/mol. The van der Waals surface area contributed by atoms with Gasteiger partial charge in [-0.25, -0.2) is 0 Å². The Bertz CT molecular complexity index is 576. The summed E-state index contributed by atoms with van der Waals surface area (Å²) in [4.78, 5) is 0. The molecule has 31 heavy (non-hydrogen) atoms. The highest BCUT2D eigenvalue weighted by atomic mass is 35.5. The van der Waals surface area contributed by atoms with Crippen molar-refractivity contribution in [2.45, 2.75) is 91.5 Å². The fourth-order valence-electron chi connectivity index (χ4n) is 6.27. The van der Waals surface area contributed by atoms with E-state index in [1.165, 1.54) is 68.1 Å². The summed E-state index contributed by atoms with van der Waals surface area (Å²) in [5.41, 5.74) is 4.47. The van der Waals surface area contributed by atoms with E-state index in [-0.39, 0.29) is 24.8 Å². The van der Waals surface area contributed by atoms with E-state index in [4.69, 9.17) is 0 Å². The maximum absolute atomic E-state index is 3.93. The Balaban J connectivity index is 0.00000240. The van der Waals surface area contributed by atoms with Crippen LogP contribution in [0.25, 0.3) is 0 Å². The van der Waals surface area contributed by atoms with Crippen molar-refractivity contribution in [3.8, 4) is 0 Å². The second kappa shape index (κ2) is 14.8. The molecule has 0 aromatic rings. The van der Waals surface area contributed by atoms with Crippen LogP contribution in [-0.4, -0.2) is 25.7 Å². The van der Waals surface area contributed by atoms with Crippen molar-refractivity contribution in [3.63, 3.8) is 0 Å². The predicted octanol–water partition coefficient (Wildman–Crippen LogP) is 7.25. The number of hydrogen-bond acceptors (Lipinski definition) is 2. The molecule has 0 radical (unpaired) electrons. The van der Waals surface area contributed by atoms with Crippen LogP contribution in [0.3, 0.4) is 0 Å². The average Bonchev–Trinajstić information content (AvgIpc) is 2.65. The predicted molar refractivity (Wildman–Crippen MR) is 142 cm³/mol. The summed E-state index contributed by atoms with van der Waals surface area (Å²) in [5.74, 6) is 4.15. The molecule has 4 heteroatoms. The van der Waals surface area contributed by atoms with E-state index in [9.17, 15) is 0 Å². The summed E-state index contributed by atoms with van der Waals surface area (Å²) in [7, 11) is 0. The van der Waals surface area contributed by atoms with Gasteiger partial charge in [-0.3, -0.25) is 0 Å². The number of nitrogens with one attached hydrogen (secondary N) is 2. The third-order valence-electron chi connectivity index (χ3n) is 7.63. The second-order valence-corrected chi connectivity index (χ2v) is 10.6. The van der Waals surface area contributed by atoms with E-state index >= 15 is 0 Å². The van der Waals surface area contributed by atoms with Crippen LogP contribution < -0.4 is 10.6 Å². The standard InChI is InChI=1S/C27H46N2.2ClH/c1-20(2)7-5-8-21(3)9-6-10-22(4)11-12-28-13-14-29-27-25-16-23-15-24(18-25)19-26(27)17-23;;/h7,9,11,23-29H,5-6,8,10,12-19H2,1-4H3;2*1H/b21-9-,22-11+;;. The molecule has 0 spiro atoms. The van der Waals surface area contributed by atoms with Crippen molar-refractivity contribution in [2.24, 2.45) is 23.7 Å². The van der Waals surface area contributed by atoms with Gasteiger partial charge in [0.1, 0.15) is 0 Å². The van der Waals surface area contributed by atoms with E-state index < -0.39 is 0 Å². The SMILES string of the molecule is CC(C)=CCC/C(C)=C\CC/C(C)=C/CNCCNC1C2CC3CC(C2)CC1C3.Cl.Cl. The van der Waals surface area contributed by atoms with E-state index in [0.29, 0.717) is 0 Å². The van der Waals surface area contributed by atoms with Crippen molar-refractivity contribution in [1.29, 1.82) is 0 Å². The molecule has 0 aliphatic heterocycles. The second-order valence-electron chi connectivity index (χ2n) is 10.6. The minimum Gasteiger partial charge on any atom is -0.312 e. The topological polar surface area (TPSA) is 24.1 Å². The lowest BCUT2D eigenvalue weighted by molar-refractivity contribution is -0.0133. The fourth-order valence-corrected chi connectivity index (χ4v) is 6.27. The van der Waals surface area contributed by atoms with Gasteiger partial charge in [0.2, 0.25) is 0 Å². The van der Waals surface area contributed by atoms with Gasteiger partial charge < -0.3 is 10.6 Å². The first-order valence-corrected chi connectivity index (χ1v) is 12.4. The Morgan fingerprint density at radius 1 is 0.710 bits per heavy atom. The first-order valence-electron chi connectivity index (χ1n) is 12.4. The molecule has 4 fully saturated rings. The fraction of sp³-hybridized carbons (Fsp3) is 0.778. The molecule has 0 heterocycles. The first-order chi connectivity index (χ1) is 14.0. The van der Waals surface area contributed by atoms with Gasteiger partial charge in [0.25, 0.3) is 0 Å². The van der Waals surface area contributed by atoms with Crippen LogP contribution in [0.1, 0.15) is 85.5 Å². The molecule has 4 bridgehead atoms. The van der Waals surface area contributed by atoms with Crippen LogP contribution in [0, 0.1) is 23.7 Å². The van der Waals surface area contributed by atoms with Gasteiger partial charge in [-0.15, -0.1) is 24.8 Å². The molecule has 180 valence electrons. The Labute approximate surface area is 205 Å². The van der Waals surface area contributed by atoms with Crippen molar-refractivity contribution >= 4 is 24.8 Å². The number of rotatable bonds is 12. The van der Waals surface area contributed by atoms with Crippen LogP contribution in [-0.2, 0) is 0 Å². The third-order valence-corrected chi connectivity index (χ3v) is 7.63. The first kappa shape index (κ1) is 28.8. The highest BCUT2D eigenvalue weighted by Gasteiger charge is 2.47. The number of allylic oxidation sites excluding steroid dienone is 5. The summed E-state index contributed by atoms with van der Waals surface area (Å²) in [6.45, 7) is 12.2. The Kier molecular flexibility index (Phi) is 13.7. The molecule has 4 aliphatic rings. The lowest BCUT2D eigenvalue weighted by Gasteiger charge is -2.54. The zero-order valence-corrected chi connectivity index (χ0v) is 22.1. The van der Waals surface area contributed by atoms with Crippen molar-refractivity contribution < 1.29 is 0 Å². The summed E-state index contributed by atoms with van der Waals surface area (Å²) in [6, 6.07) is 0.827. The molecule has 2 nitrogen and oxygen atoms in total. The minimum absolute atomic E-state index is 0. The van der Waals surface area contributed by atoms with Crippen LogP contribution in [0.15, 0.2) is 34.9 Å². The van der Waals surface area contributed by atoms with E-state index in [1.54, 1.807) is 6.42 Å². The summed E-state index contributed by atoms with van der Waals surface area (Å²) in [6.07, 6.45) is 19.5. The van der Waals surface area contributed by atoms with E-state index in [0.717, 1.165) is 49.3 Å². The minimum atomic E-state index is 0. The van der Waals surface area contributed by atoms with Gasteiger partial charge in [0, 0.05) is 25.7 Å².